The van der Waals surface area contributed by atoms with Crippen LogP contribution in [0.5, 0.6) is 0 Å². The van der Waals surface area contributed by atoms with Crippen molar-refractivity contribution in [2.75, 3.05) is 6.54 Å². The molecule has 0 radical (unpaired) electrons. The fourth-order valence-corrected chi connectivity index (χ4v) is 2.60. The summed E-state index contributed by atoms with van der Waals surface area (Å²) in [5.41, 5.74) is 2.21. The van der Waals surface area contributed by atoms with E-state index in [1.807, 2.05) is 31.2 Å². The van der Waals surface area contributed by atoms with E-state index in [4.69, 9.17) is 5.11 Å². The van der Waals surface area contributed by atoms with Crippen molar-refractivity contribution >= 4 is 12.0 Å². The van der Waals surface area contributed by atoms with Crippen LogP contribution in [0.4, 0.5) is 4.79 Å². The number of likely N-dealkylation sites (tertiary alicyclic amines) is 1. The van der Waals surface area contributed by atoms with Crippen molar-refractivity contribution < 1.29 is 14.7 Å². The zero-order valence-electron chi connectivity index (χ0n) is 11.6. The second-order valence-electron chi connectivity index (χ2n) is 5.17. The first kappa shape index (κ1) is 14.4. The van der Waals surface area contributed by atoms with Gasteiger partial charge in [0.15, 0.2) is 0 Å². The van der Waals surface area contributed by atoms with E-state index in [-0.39, 0.29) is 18.5 Å². The number of nitrogens with one attached hydrogen (secondary N) is 1. The van der Waals surface area contributed by atoms with Crippen LogP contribution in [0.15, 0.2) is 24.3 Å². The molecule has 0 bridgehead atoms. The third-order valence-corrected chi connectivity index (χ3v) is 3.74. The molecule has 1 aromatic rings. The molecule has 1 aromatic carbocycles. The maximum atomic E-state index is 12.1. The van der Waals surface area contributed by atoms with Gasteiger partial charge in [-0.05, 0) is 30.9 Å². The van der Waals surface area contributed by atoms with Gasteiger partial charge in [-0.15, -0.1) is 0 Å². The van der Waals surface area contributed by atoms with Crippen LogP contribution in [0.2, 0.25) is 0 Å². The Balaban J connectivity index is 1.91. The molecule has 108 valence electrons. The number of urea groups is 1. The molecule has 2 amide bonds. The van der Waals surface area contributed by atoms with Gasteiger partial charge in [0.1, 0.15) is 0 Å². The Hall–Kier alpha value is -2.04. The maximum Gasteiger partial charge on any atom is 0.317 e. The lowest BCUT2D eigenvalue weighted by atomic mass is 10.1. The Morgan fingerprint density at radius 2 is 2.15 bits per heavy atom. The molecule has 1 heterocycles. The summed E-state index contributed by atoms with van der Waals surface area (Å²) in [5.74, 6) is -0.853. The molecule has 1 aliphatic rings. The molecule has 0 aliphatic carbocycles. The van der Waals surface area contributed by atoms with E-state index in [2.05, 4.69) is 5.32 Å². The van der Waals surface area contributed by atoms with Gasteiger partial charge in [-0.1, -0.05) is 24.3 Å². The zero-order valence-corrected chi connectivity index (χ0v) is 11.6. The number of aryl methyl sites for hydroxylation is 1. The summed E-state index contributed by atoms with van der Waals surface area (Å²) < 4.78 is 0. The third-order valence-electron chi connectivity index (χ3n) is 3.74. The Kier molecular flexibility index (Phi) is 4.61. The van der Waals surface area contributed by atoms with Gasteiger partial charge in [-0.3, -0.25) is 4.79 Å². The molecule has 0 spiro atoms. The van der Waals surface area contributed by atoms with Crippen LogP contribution < -0.4 is 5.32 Å². The highest BCUT2D eigenvalue weighted by molar-refractivity contribution is 5.76. The lowest BCUT2D eigenvalue weighted by Crippen LogP contribution is -2.43. The highest BCUT2D eigenvalue weighted by Gasteiger charge is 2.30. The predicted octanol–water partition coefficient (Wildman–Crippen LogP) is 2.14. The predicted molar refractivity (Wildman–Crippen MR) is 75.4 cm³/mol. The van der Waals surface area contributed by atoms with Gasteiger partial charge in [0, 0.05) is 19.1 Å². The normalized spacial score (nSPS) is 18.1. The van der Waals surface area contributed by atoms with Crippen LogP contribution in [0.25, 0.3) is 0 Å². The molecule has 0 aromatic heterocycles. The van der Waals surface area contributed by atoms with E-state index in [1.54, 1.807) is 4.90 Å². The van der Waals surface area contributed by atoms with E-state index < -0.39 is 5.97 Å². The second kappa shape index (κ2) is 6.41. The summed E-state index contributed by atoms with van der Waals surface area (Å²) in [6, 6.07) is 7.54. The number of hydrogen-bond donors (Lipinski definition) is 2. The molecule has 2 N–H and O–H groups in total. The molecular formula is C15H20N2O3. The monoisotopic (exact) mass is 276 g/mol. The largest absolute Gasteiger partial charge is 0.481 e. The van der Waals surface area contributed by atoms with E-state index >= 15 is 0 Å². The summed E-state index contributed by atoms with van der Waals surface area (Å²) in [6.07, 6.45) is 1.66. The minimum Gasteiger partial charge on any atom is -0.481 e. The van der Waals surface area contributed by atoms with Crippen LogP contribution in [-0.2, 0) is 11.3 Å². The molecule has 20 heavy (non-hydrogen) atoms. The van der Waals surface area contributed by atoms with Crippen LogP contribution >= 0.6 is 0 Å². The summed E-state index contributed by atoms with van der Waals surface area (Å²) in [4.78, 5) is 24.6. The Morgan fingerprint density at radius 1 is 1.40 bits per heavy atom. The van der Waals surface area contributed by atoms with E-state index in [0.29, 0.717) is 13.1 Å². The van der Waals surface area contributed by atoms with E-state index in [9.17, 15) is 9.59 Å². The number of rotatable bonds is 4. The van der Waals surface area contributed by atoms with Gasteiger partial charge in [-0.2, -0.15) is 0 Å². The highest BCUT2D eigenvalue weighted by atomic mass is 16.4. The molecule has 2 rings (SSSR count). The van der Waals surface area contributed by atoms with Gasteiger partial charge in [0.05, 0.1) is 6.42 Å². The summed E-state index contributed by atoms with van der Waals surface area (Å²) in [7, 11) is 0. The number of benzene rings is 1. The highest BCUT2D eigenvalue weighted by Crippen LogP contribution is 2.20. The molecule has 5 nitrogen and oxygen atoms in total. The lowest BCUT2D eigenvalue weighted by molar-refractivity contribution is -0.137. The smallest absolute Gasteiger partial charge is 0.317 e. The first-order valence-corrected chi connectivity index (χ1v) is 6.88. The van der Waals surface area contributed by atoms with Crippen molar-refractivity contribution in [3.8, 4) is 0 Å². The average molecular weight is 276 g/mol. The van der Waals surface area contributed by atoms with Crippen molar-refractivity contribution in [1.29, 1.82) is 0 Å². The fourth-order valence-electron chi connectivity index (χ4n) is 2.60. The van der Waals surface area contributed by atoms with Gasteiger partial charge in [-0.25, -0.2) is 4.79 Å². The van der Waals surface area contributed by atoms with Crippen molar-refractivity contribution in [3.63, 3.8) is 0 Å². The number of carbonyl (C=O) groups excluding carboxylic acids is 1. The fraction of sp³-hybridized carbons (Fsp3) is 0.467. The number of carboxylic acid groups (broad SMARTS) is 1. The number of aliphatic carboxylic acids is 1. The molecule has 1 saturated heterocycles. The van der Waals surface area contributed by atoms with Gasteiger partial charge < -0.3 is 15.3 Å². The molecule has 1 atom stereocenters. The van der Waals surface area contributed by atoms with Crippen LogP contribution in [0.1, 0.15) is 30.4 Å². The van der Waals surface area contributed by atoms with E-state index in [1.165, 1.54) is 0 Å². The topological polar surface area (TPSA) is 69.6 Å². The number of amides is 2. The molecule has 0 saturated carbocycles. The zero-order chi connectivity index (χ0) is 14.5. The van der Waals surface area contributed by atoms with Gasteiger partial charge in [0.25, 0.3) is 0 Å². The SMILES string of the molecule is Cc1ccccc1CNC(=O)N1CCCC1CC(=O)O. The first-order valence-electron chi connectivity index (χ1n) is 6.88. The average Bonchev–Trinajstić information content (AvgIpc) is 2.85. The van der Waals surface area contributed by atoms with Crippen molar-refractivity contribution in [1.82, 2.24) is 10.2 Å². The second-order valence-corrected chi connectivity index (χ2v) is 5.17. The summed E-state index contributed by atoms with van der Waals surface area (Å²) >= 11 is 0. The standard InChI is InChI=1S/C15H20N2O3/c1-11-5-2-3-6-12(11)10-16-15(20)17-8-4-7-13(17)9-14(18)19/h2-3,5-6,13H,4,7-10H2,1H3,(H,16,20)(H,18,19). The molecule has 1 aliphatic heterocycles. The Labute approximate surface area is 118 Å². The van der Waals surface area contributed by atoms with Crippen LogP contribution in [0.3, 0.4) is 0 Å². The van der Waals surface area contributed by atoms with Crippen molar-refractivity contribution in [2.45, 2.75) is 38.8 Å². The lowest BCUT2D eigenvalue weighted by Gasteiger charge is -2.24. The van der Waals surface area contributed by atoms with Gasteiger partial charge in [0.2, 0.25) is 0 Å². The third kappa shape index (κ3) is 3.50. The minimum absolute atomic E-state index is 0.0256. The van der Waals surface area contributed by atoms with Crippen molar-refractivity contribution in [3.05, 3.63) is 35.4 Å². The molecule has 1 fully saturated rings. The minimum atomic E-state index is -0.853. The van der Waals surface area contributed by atoms with Crippen LogP contribution in [0, 0.1) is 6.92 Å². The quantitative estimate of drug-likeness (QED) is 0.885. The number of carboxylic acids is 1. The number of carbonyl (C=O) groups is 2. The number of hydrogen-bond acceptors (Lipinski definition) is 2. The molecule has 5 heteroatoms. The Morgan fingerprint density at radius 3 is 2.85 bits per heavy atom. The first-order chi connectivity index (χ1) is 9.58. The Bertz CT molecular complexity index is 502. The van der Waals surface area contributed by atoms with Crippen LogP contribution in [-0.4, -0.2) is 34.6 Å². The van der Waals surface area contributed by atoms with E-state index in [0.717, 1.165) is 24.0 Å². The molecular weight excluding hydrogens is 256 g/mol. The van der Waals surface area contributed by atoms with Crippen molar-refractivity contribution in [2.24, 2.45) is 0 Å². The summed E-state index contributed by atoms with van der Waals surface area (Å²) in [6.45, 7) is 3.12. The van der Waals surface area contributed by atoms with Gasteiger partial charge >= 0.3 is 12.0 Å². The molecule has 1 unspecified atom stereocenters. The number of nitrogens with zero attached hydrogens (tertiary/aromatic N) is 1. The maximum absolute atomic E-state index is 12.1. The summed E-state index contributed by atoms with van der Waals surface area (Å²) in [5, 5.41) is 11.7.